The molecule has 0 radical (unpaired) electrons. The Morgan fingerprint density at radius 2 is 1.85 bits per heavy atom. The second-order valence-corrected chi connectivity index (χ2v) is 11.7. The number of halogens is 2. The number of likely N-dealkylation sites (tertiary alicyclic amines) is 2. The number of nitrogens with one attached hydrogen (secondary N) is 1. The van der Waals surface area contributed by atoms with Crippen LogP contribution in [0.15, 0.2) is 30.7 Å². The molecule has 2 atom stereocenters. The summed E-state index contributed by atoms with van der Waals surface area (Å²) in [6.45, 7) is 5.24. The lowest BCUT2D eigenvalue weighted by atomic mass is 9.92. The third kappa shape index (κ3) is 7.77. The second kappa shape index (κ2) is 14.3. The fourth-order valence-corrected chi connectivity index (χ4v) is 5.91. The fourth-order valence-electron chi connectivity index (χ4n) is 5.42. The molecule has 0 spiro atoms. The maximum absolute atomic E-state index is 13.8. The molecule has 0 unspecified atom stereocenters. The van der Waals surface area contributed by atoms with Crippen LogP contribution in [0.1, 0.15) is 56.2 Å². The number of benzene rings is 1. The number of rotatable bonds is 10. The molecule has 2 aliphatic rings. The van der Waals surface area contributed by atoms with E-state index in [1.165, 1.54) is 0 Å². The molecule has 3 heterocycles. The van der Waals surface area contributed by atoms with E-state index in [2.05, 4.69) is 27.1 Å². The van der Waals surface area contributed by atoms with Crippen LogP contribution in [0, 0.1) is 0 Å². The molecule has 4 rings (SSSR count). The van der Waals surface area contributed by atoms with Gasteiger partial charge in [-0.2, -0.15) is 0 Å². The second-order valence-electron chi connectivity index (χ2n) is 10.8. The van der Waals surface area contributed by atoms with Gasteiger partial charge in [0.1, 0.15) is 19.0 Å². The van der Waals surface area contributed by atoms with Crippen molar-refractivity contribution in [2.24, 2.45) is 0 Å². The van der Waals surface area contributed by atoms with E-state index < -0.39 is 6.04 Å². The molecule has 2 aromatic rings. The molecule has 0 aliphatic carbocycles. The Morgan fingerprint density at radius 1 is 1.12 bits per heavy atom. The lowest BCUT2D eigenvalue weighted by Gasteiger charge is -2.35. The number of carbonyl (C=O) groups is 2. The van der Waals surface area contributed by atoms with Crippen LogP contribution in [0.3, 0.4) is 0 Å². The van der Waals surface area contributed by atoms with Crippen molar-refractivity contribution in [1.29, 1.82) is 0 Å². The highest BCUT2D eigenvalue weighted by Crippen LogP contribution is 2.33. The smallest absolute Gasteiger partial charge is 0.318 e. The van der Waals surface area contributed by atoms with Gasteiger partial charge < -0.3 is 24.8 Å². The molecule has 0 bridgehead atoms. The summed E-state index contributed by atoms with van der Waals surface area (Å²) in [5, 5.41) is 4.01. The quantitative estimate of drug-likeness (QED) is 0.434. The number of aromatic nitrogens is 2. The molecule has 2 fully saturated rings. The Labute approximate surface area is 247 Å². The summed E-state index contributed by atoms with van der Waals surface area (Å²) in [7, 11) is 4.10. The van der Waals surface area contributed by atoms with Crippen LogP contribution in [-0.4, -0.2) is 95.6 Å². The van der Waals surface area contributed by atoms with Crippen molar-refractivity contribution in [3.63, 3.8) is 0 Å². The average molecular weight is 592 g/mol. The van der Waals surface area contributed by atoms with Gasteiger partial charge >= 0.3 is 6.03 Å². The zero-order valence-corrected chi connectivity index (χ0v) is 25.1. The minimum Gasteiger partial charge on any atom is -0.488 e. The predicted octanol–water partition coefficient (Wildman–Crippen LogP) is 4.63. The van der Waals surface area contributed by atoms with E-state index in [0.717, 1.165) is 43.4 Å². The standard InChI is InChI=1S/C29H40Cl2N6O3/c1-4-23(35(2)3)18-40-26-17-32-19-33-27(26)20-9-13-36(14-10-20)28(38)25(34-29(39)37-11-5-6-12-37)15-21-7-8-22(30)16-24(21)31/h7-8,16-17,19-20,23,25H,4-6,9-15,18H2,1-3H3,(H,34,39)/t23-,25-/m1/s1. The van der Waals surface area contributed by atoms with Crippen molar-refractivity contribution in [3.05, 3.63) is 52.0 Å². The van der Waals surface area contributed by atoms with E-state index in [0.29, 0.717) is 61.0 Å². The van der Waals surface area contributed by atoms with Crippen LogP contribution < -0.4 is 10.1 Å². The molecule has 218 valence electrons. The highest BCUT2D eigenvalue weighted by atomic mass is 35.5. The molecule has 1 aromatic carbocycles. The molecule has 1 N–H and O–H groups in total. The highest BCUT2D eigenvalue weighted by molar-refractivity contribution is 6.35. The van der Waals surface area contributed by atoms with Crippen molar-refractivity contribution >= 4 is 35.1 Å². The molecule has 1 aromatic heterocycles. The van der Waals surface area contributed by atoms with Crippen molar-refractivity contribution in [2.45, 2.75) is 63.5 Å². The van der Waals surface area contributed by atoms with Gasteiger partial charge in [0.2, 0.25) is 5.91 Å². The number of hydrogen-bond donors (Lipinski definition) is 1. The zero-order chi connectivity index (χ0) is 28.6. The van der Waals surface area contributed by atoms with Crippen molar-refractivity contribution in [2.75, 3.05) is 46.9 Å². The number of carbonyl (C=O) groups excluding carboxylic acids is 2. The van der Waals surface area contributed by atoms with Gasteiger partial charge in [-0.3, -0.25) is 4.79 Å². The maximum Gasteiger partial charge on any atom is 0.318 e. The maximum atomic E-state index is 13.8. The summed E-state index contributed by atoms with van der Waals surface area (Å²) in [5.74, 6) is 0.762. The number of hydrogen-bond acceptors (Lipinski definition) is 6. The third-order valence-electron chi connectivity index (χ3n) is 7.96. The summed E-state index contributed by atoms with van der Waals surface area (Å²) in [6, 6.07) is 4.60. The molecular formula is C29H40Cl2N6O3. The molecule has 2 aliphatic heterocycles. The number of ether oxygens (including phenoxy) is 1. The normalized spacial score (nSPS) is 17.6. The van der Waals surface area contributed by atoms with E-state index in [1.54, 1.807) is 29.6 Å². The van der Waals surface area contributed by atoms with Crippen LogP contribution in [0.5, 0.6) is 5.75 Å². The first-order chi connectivity index (χ1) is 19.3. The van der Waals surface area contributed by atoms with Crippen molar-refractivity contribution < 1.29 is 14.3 Å². The van der Waals surface area contributed by atoms with Gasteiger partial charge in [0, 0.05) is 54.6 Å². The van der Waals surface area contributed by atoms with Crippen LogP contribution in [-0.2, 0) is 11.2 Å². The summed E-state index contributed by atoms with van der Waals surface area (Å²) in [4.78, 5) is 41.3. The van der Waals surface area contributed by atoms with Gasteiger partial charge in [-0.15, -0.1) is 0 Å². The average Bonchev–Trinajstić information content (AvgIpc) is 3.50. The van der Waals surface area contributed by atoms with Crippen molar-refractivity contribution in [3.8, 4) is 5.75 Å². The van der Waals surface area contributed by atoms with Gasteiger partial charge in [-0.25, -0.2) is 14.8 Å². The Hall–Kier alpha value is -2.62. The number of urea groups is 1. The Bertz CT molecular complexity index is 1150. The van der Waals surface area contributed by atoms with Gasteiger partial charge in [0.05, 0.1) is 11.9 Å². The zero-order valence-electron chi connectivity index (χ0n) is 23.6. The molecule has 40 heavy (non-hydrogen) atoms. The Balaban J connectivity index is 1.43. The van der Waals surface area contributed by atoms with Crippen LogP contribution in [0.25, 0.3) is 0 Å². The minimum atomic E-state index is -0.724. The topological polar surface area (TPSA) is 90.9 Å². The Kier molecular flexibility index (Phi) is 10.9. The third-order valence-corrected chi connectivity index (χ3v) is 8.55. The first-order valence-corrected chi connectivity index (χ1v) is 14.9. The molecule has 2 saturated heterocycles. The Morgan fingerprint density at radius 3 is 2.50 bits per heavy atom. The van der Waals surface area contributed by atoms with Crippen LogP contribution >= 0.6 is 23.2 Å². The number of nitrogens with zero attached hydrogens (tertiary/aromatic N) is 5. The summed E-state index contributed by atoms with van der Waals surface area (Å²) >= 11 is 12.5. The minimum absolute atomic E-state index is 0.104. The predicted molar refractivity (Wildman–Crippen MR) is 157 cm³/mol. The van der Waals surface area contributed by atoms with Gasteiger partial charge in [-0.1, -0.05) is 36.2 Å². The van der Waals surface area contributed by atoms with Gasteiger partial charge in [-0.05, 0) is 63.9 Å². The number of likely N-dealkylation sites (N-methyl/N-ethyl adjacent to an activating group) is 1. The SMILES string of the molecule is CC[C@H](COc1cncnc1C1CCN(C(=O)[C@@H](Cc2ccc(Cl)cc2Cl)NC(=O)N2CCCC2)CC1)N(C)C. The van der Waals surface area contributed by atoms with Gasteiger partial charge in [0.25, 0.3) is 0 Å². The summed E-state index contributed by atoms with van der Waals surface area (Å²) in [5.41, 5.74) is 1.66. The van der Waals surface area contributed by atoms with E-state index >= 15 is 0 Å². The van der Waals surface area contributed by atoms with E-state index in [4.69, 9.17) is 27.9 Å². The lowest BCUT2D eigenvalue weighted by molar-refractivity contribution is -0.134. The van der Waals surface area contributed by atoms with Crippen molar-refractivity contribution in [1.82, 2.24) is 30.0 Å². The molecule has 11 heteroatoms. The molecule has 9 nitrogen and oxygen atoms in total. The monoisotopic (exact) mass is 590 g/mol. The molecular weight excluding hydrogens is 551 g/mol. The van der Waals surface area contributed by atoms with Gasteiger partial charge in [0.15, 0.2) is 5.75 Å². The molecule has 3 amide bonds. The highest BCUT2D eigenvalue weighted by Gasteiger charge is 2.33. The number of amides is 3. The van der Waals surface area contributed by atoms with E-state index in [1.807, 2.05) is 25.1 Å². The molecule has 0 saturated carbocycles. The van der Waals surface area contributed by atoms with Crippen LogP contribution in [0.4, 0.5) is 4.79 Å². The largest absolute Gasteiger partial charge is 0.488 e. The first kappa shape index (κ1) is 30.3. The first-order valence-electron chi connectivity index (χ1n) is 14.1. The van der Waals surface area contributed by atoms with Crippen LogP contribution in [0.2, 0.25) is 10.0 Å². The fraction of sp³-hybridized carbons (Fsp3) is 0.586. The number of piperidine rings is 1. The van der Waals surface area contributed by atoms with E-state index in [-0.39, 0.29) is 17.9 Å². The summed E-state index contributed by atoms with van der Waals surface area (Å²) < 4.78 is 6.17. The summed E-state index contributed by atoms with van der Waals surface area (Å²) in [6.07, 6.45) is 8.02. The lowest BCUT2D eigenvalue weighted by Crippen LogP contribution is -2.54. The van der Waals surface area contributed by atoms with E-state index in [9.17, 15) is 9.59 Å².